The molecule has 3 atom stereocenters. The van der Waals surface area contributed by atoms with Crippen molar-refractivity contribution in [2.24, 2.45) is 0 Å². The van der Waals surface area contributed by atoms with Crippen molar-refractivity contribution < 1.29 is 19.7 Å². The van der Waals surface area contributed by atoms with Crippen LogP contribution < -0.4 is 0 Å². The molecule has 2 saturated heterocycles. The number of carbonyl (C=O) groups is 1. The molecule has 0 saturated carbocycles. The first-order chi connectivity index (χ1) is 5.74. The Morgan fingerprint density at radius 1 is 1.67 bits per heavy atom. The van der Waals surface area contributed by atoms with Crippen molar-refractivity contribution >= 4 is 5.91 Å². The molecule has 0 radical (unpaired) electrons. The molecule has 3 unspecified atom stereocenters. The predicted molar refractivity (Wildman–Crippen MR) is 37.4 cm³/mol. The predicted octanol–water partition coefficient (Wildman–Crippen LogP) is -0.620. The number of aliphatic hydroxyl groups is 1. The van der Waals surface area contributed by atoms with Crippen LogP contribution in [0, 0.1) is 0 Å². The number of hydrogen-bond donors (Lipinski definition) is 1. The fourth-order valence-corrected chi connectivity index (χ4v) is 1.41. The fourth-order valence-electron chi connectivity index (χ4n) is 1.41. The lowest BCUT2D eigenvalue weighted by Crippen LogP contribution is -2.36. The van der Waals surface area contributed by atoms with Gasteiger partial charge in [-0.1, -0.05) is 6.58 Å². The second kappa shape index (κ2) is 2.55. The van der Waals surface area contributed by atoms with Crippen LogP contribution in [0.4, 0.5) is 0 Å². The summed E-state index contributed by atoms with van der Waals surface area (Å²) in [5.41, 5.74) is 0. The maximum atomic E-state index is 11.2. The SMILES string of the molecule is C=CC1OOC2CC(O)C(=O)N12. The summed E-state index contributed by atoms with van der Waals surface area (Å²) < 4.78 is 0. The standard InChI is InChI=1S/C7H9NO4/c1-2-5-8-6(12-11-5)3-4(9)7(8)10/h2,4-6,9H,1,3H2. The number of fused-ring (bicyclic) bond motifs is 1. The first-order valence-electron chi connectivity index (χ1n) is 3.69. The van der Waals surface area contributed by atoms with Gasteiger partial charge in [0.2, 0.25) is 0 Å². The van der Waals surface area contributed by atoms with Gasteiger partial charge in [-0.2, -0.15) is 0 Å². The molecule has 2 rings (SSSR count). The molecule has 0 bridgehead atoms. The quantitative estimate of drug-likeness (QED) is 0.422. The van der Waals surface area contributed by atoms with Gasteiger partial charge in [-0.25, -0.2) is 9.78 Å². The highest BCUT2D eigenvalue weighted by atomic mass is 17.2. The van der Waals surface area contributed by atoms with E-state index >= 15 is 0 Å². The van der Waals surface area contributed by atoms with Crippen molar-refractivity contribution in [1.82, 2.24) is 4.90 Å². The van der Waals surface area contributed by atoms with Gasteiger partial charge >= 0.3 is 0 Å². The molecular formula is C7H9NO4. The van der Waals surface area contributed by atoms with Crippen molar-refractivity contribution in [1.29, 1.82) is 0 Å². The van der Waals surface area contributed by atoms with E-state index < -0.39 is 18.6 Å². The average molecular weight is 171 g/mol. The summed E-state index contributed by atoms with van der Waals surface area (Å²) in [6.07, 6.45) is -0.240. The van der Waals surface area contributed by atoms with E-state index in [-0.39, 0.29) is 12.3 Å². The number of aliphatic hydroxyl groups excluding tert-OH is 1. The lowest BCUT2D eigenvalue weighted by atomic mass is 10.3. The van der Waals surface area contributed by atoms with Crippen LogP contribution in [0.2, 0.25) is 0 Å². The van der Waals surface area contributed by atoms with Crippen molar-refractivity contribution in [3.63, 3.8) is 0 Å². The zero-order valence-corrected chi connectivity index (χ0v) is 6.34. The van der Waals surface area contributed by atoms with Crippen LogP contribution in [-0.2, 0) is 14.6 Å². The molecule has 5 heteroatoms. The van der Waals surface area contributed by atoms with E-state index in [9.17, 15) is 4.79 Å². The third kappa shape index (κ3) is 0.874. The van der Waals surface area contributed by atoms with E-state index in [0.29, 0.717) is 0 Å². The van der Waals surface area contributed by atoms with Gasteiger partial charge in [0, 0.05) is 6.42 Å². The van der Waals surface area contributed by atoms with Gasteiger partial charge in [-0.05, 0) is 6.08 Å². The Morgan fingerprint density at radius 3 is 3.08 bits per heavy atom. The largest absolute Gasteiger partial charge is 0.383 e. The third-order valence-corrected chi connectivity index (χ3v) is 2.02. The maximum absolute atomic E-state index is 11.2. The smallest absolute Gasteiger partial charge is 0.256 e. The Hall–Kier alpha value is -0.910. The van der Waals surface area contributed by atoms with Gasteiger partial charge in [0.25, 0.3) is 5.91 Å². The van der Waals surface area contributed by atoms with Gasteiger partial charge in [0.05, 0.1) is 0 Å². The molecule has 5 nitrogen and oxygen atoms in total. The van der Waals surface area contributed by atoms with Crippen LogP contribution in [-0.4, -0.2) is 34.5 Å². The normalized spacial score (nSPS) is 40.2. The molecule has 66 valence electrons. The highest BCUT2D eigenvalue weighted by Crippen LogP contribution is 2.29. The summed E-state index contributed by atoms with van der Waals surface area (Å²) >= 11 is 0. The average Bonchev–Trinajstić information content (AvgIpc) is 2.55. The van der Waals surface area contributed by atoms with E-state index in [0.717, 1.165) is 0 Å². The molecular weight excluding hydrogens is 162 g/mol. The Balaban J connectivity index is 2.20. The minimum absolute atomic E-state index is 0.267. The molecule has 12 heavy (non-hydrogen) atoms. The van der Waals surface area contributed by atoms with Gasteiger partial charge in [0.1, 0.15) is 6.10 Å². The lowest BCUT2D eigenvalue weighted by molar-refractivity contribution is -0.290. The Bertz CT molecular complexity index is 229. The zero-order chi connectivity index (χ0) is 8.72. The lowest BCUT2D eigenvalue weighted by Gasteiger charge is -2.14. The minimum atomic E-state index is -0.957. The number of carbonyl (C=O) groups excluding carboxylic acids is 1. The summed E-state index contributed by atoms with van der Waals surface area (Å²) in [5.74, 6) is -0.359. The van der Waals surface area contributed by atoms with E-state index in [1.54, 1.807) is 0 Å². The molecule has 0 aromatic rings. The maximum Gasteiger partial charge on any atom is 0.256 e. The molecule has 2 aliphatic rings. The number of hydrogen-bond acceptors (Lipinski definition) is 4. The molecule has 0 aliphatic carbocycles. The second-order valence-electron chi connectivity index (χ2n) is 2.77. The fraction of sp³-hybridized carbons (Fsp3) is 0.571. The van der Waals surface area contributed by atoms with Crippen molar-refractivity contribution in [2.45, 2.75) is 25.0 Å². The highest BCUT2D eigenvalue weighted by Gasteiger charge is 2.48. The topological polar surface area (TPSA) is 59.0 Å². The molecule has 1 N–H and O–H groups in total. The van der Waals surface area contributed by atoms with E-state index in [1.807, 2.05) is 0 Å². The van der Waals surface area contributed by atoms with Crippen LogP contribution in [0.5, 0.6) is 0 Å². The molecule has 0 aromatic heterocycles. The van der Waals surface area contributed by atoms with Crippen LogP contribution in [0.1, 0.15) is 6.42 Å². The van der Waals surface area contributed by atoms with Gasteiger partial charge in [-0.3, -0.25) is 9.69 Å². The summed E-state index contributed by atoms with van der Waals surface area (Å²) in [4.78, 5) is 22.1. The Morgan fingerprint density at radius 2 is 2.42 bits per heavy atom. The molecule has 1 amide bonds. The monoisotopic (exact) mass is 171 g/mol. The number of nitrogens with zero attached hydrogens (tertiary/aromatic N) is 1. The van der Waals surface area contributed by atoms with E-state index in [1.165, 1.54) is 11.0 Å². The molecule has 2 heterocycles. The van der Waals surface area contributed by atoms with Crippen LogP contribution in [0.3, 0.4) is 0 Å². The van der Waals surface area contributed by atoms with Crippen LogP contribution in [0.25, 0.3) is 0 Å². The van der Waals surface area contributed by atoms with E-state index in [4.69, 9.17) is 14.9 Å². The van der Waals surface area contributed by atoms with Gasteiger partial charge in [-0.15, -0.1) is 0 Å². The molecule has 0 aromatic carbocycles. The minimum Gasteiger partial charge on any atom is -0.383 e. The Kier molecular flexibility index (Phi) is 1.64. The highest BCUT2D eigenvalue weighted by molar-refractivity contribution is 5.83. The summed E-state index contributed by atoms with van der Waals surface area (Å²) in [6.45, 7) is 3.48. The van der Waals surface area contributed by atoms with Crippen molar-refractivity contribution in [3.8, 4) is 0 Å². The Labute approximate surface area is 69.1 Å². The van der Waals surface area contributed by atoms with Crippen LogP contribution in [0.15, 0.2) is 12.7 Å². The van der Waals surface area contributed by atoms with Crippen molar-refractivity contribution in [3.05, 3.63) is 12.7 Å². The summed E-state index contributed by atoms with van der Waals surface area (Å²) in [5, 5.41) is 9.16. The van der Waals surface area contributed by atoms with Gasteiger partial charge < -0.3 is 5.11 Å². The first kappa shape index (κ1) is 7.72. The van der Waals surface area contributed by atoms with Crippen molar-refractivity contribution in [2.75, 3.05) is 0 Å². The number of amides is 1. The molecule has 2 fully saturated rings. The van der Waals surface area contributed by atoms with E-state index in [2.05, 4.69) is 6.58 Å². The molecule has 0 spiro atoms. The molecule has 2 aliphatic heterocycles. The van der Waals surface area contributed by atoms with Crippen LogP contribution >= 0.6 is 0 Å². The third-order valence-electron chi connectivity index (χ3n) is 2.02. The second-order valence-corrected chi connectivity index (χ2v) is 2.77. The summed E-state index contributed by atoms with van der Waals surface area (Å²) in [7, 11) is 0. The summed E-state index contributed by atoms with van der Waals surface area (Å²) in [6, 6.07) is 0. The number of rotatable bonds is 1. The van der Waals surface area contributed by atoms with Gasteiger partial charge in [0.15, 0.2) is 12.5 Å². The zero-order valence-electron chi connectivity index (χ0n) is 6.34. The first-order valence-corrected chi connectivity index (χ1v) is 3.69.